The summed E-state index contributed by atoms with van der Waals surface area (Å²) in [6.45, 7) is 0. The quantitative estimate of drug-likeness (QED) is 0.164. The van der Waals surface area contributed by atoms with Gasteiger partial charge in [-0.3, -0.25) is 0 Å². The number of nitrogens with zero attached hydrogens (tertiary/aromatic N) is 2. The van der Waals surface area contributed by atoms with Gasteiger partial charge in [0, 0.05) is 44.5 Å². The van der Waals surface area contributed by atoms with Gasteiger partial charge in [-0.2, -0.15) is 0 Å². The minimum atomic E-state index is 0.611. The number of furan rings is 1. The molecule has 0 spiro atoms. The zero-order valence-corrected chi connectivity index (χ0v) is 30.8. The molecule has 0 atom stereocenters. The number of hydrogen-bond acceptors (Lipinski definition) is 4. The number of oxazole rings is 1. The molecule has 0 saturated heterocycles. The van der Waals surface area contributed by atoms with E-state index in [1.54, 1.807) is 0 Å². The molecule has 0 aliphatic rings. The number of anilines is 3. The Balaban J connectivity index is 1.05. The van der Waals surface area contributed by atoms with Crippen molar-refractivity contribution in [2.75, 3.05) is 4.90 Å². The molecule has 0 N–H and O–H groups in total. The molecule has 9 aromatic carbocycles. The van der Waals surface area contributed by atoms with Crippen LogP contribution in [-0.2, 0) is 0 Å². The second-order valence-corrected chi connectivity index (χ2v) is 14.3. The maximum atomic E-state index is 6.64. The number of aromatic nitrogens is 1. The van der Waals surface area contributed by atoms with Gasteiger partial charge >= 0.3 is 0 Å². The Bertz CT molecular complexity index is 3200. The second-order valence-electron chi connectivity index (χ2n) is 14.3. The Morgan fingerprint density at radius 1 is 0.386 bits per heavy atom. The lowest BCUT2D eigenvalue weighted by molar-refractivity contribution is 0.621. The molecule has 0 aliphatic heterocycles. The van der Waals surface area contributed by atoms with E-state index in [9.17, 15) is 0 Å². The van der Waals surface area contributed by atoms with Crippen LogP contribution in [0.15, 0.2) is 215 Å². The Morgan fingerprint density at radius 3 is 1.72 bits per heavy atom. The maximum Gasteiger partial charge on any atom is 0.227 e. The van der Waals surface area contributed by atoms with Crippen molar-refractivity contribution in [2.24, 2.45) is 0 Å². The lowest BCUT2D eigenvalue weighted by Crippen LogP contribution is -2.09. The van der Waals surface area contributed by atoms with Crippen LogP contribution in [0.4, 0.5) is 17.1 Å². The molecule has 0 saturated carbocycles. The van der Waals surface area contributed by atoms with Crippen molar-refractivity contribution >= 4 is 60.9 Å². The highest BCUT2D eigenvalue weighted by Gasteiger charge is 2.20. The largest absolute Gasteiger partial charge is 0.456 e. The first-order chi connectivity index (χ1) is 28.2. The van der Waals surface area contributed by atoms with Crippen LogP contribution < -0.4 is 4.90 Å². The third kappa shape index (κ3) is 5.74. The van der Waals surface area contributed by atoms with Crippen molar-refractivity contribution in [3.05, 3.63) is 206 Å². The van der Waals surface area contributed by atoms with Crippen LogP contribution in [-0.4, -0.2) is 4.98 Å². The summed E-state index contributed by atoms with van der Waals surface area (Å²) in [6.07, 6.45) is 0. The summed E-state index contributed by atoms with van der Waals surface area (Å²) in [5.41, 5.74) is 14.2. The Kier molecular flexibility index (Phi) is 7.78. The standard InChI is InChI=1S/C53H34N2O2/c1-4-13-35(14-5-1)36-23-28-42(29-24-36)55(41-18-8-3-9-19-41)43-30-25-37(26-31-43)50-44-20-11-10-17-39(44)34-49-51(50)46-33-40(27-32-48(46)56-49)45-21-12-22-47-52(45)57-53(54-47)38-15-6-2-7-16-38/h1-34H. The van der Waals surface area contributed by atoms with E-state index in [1.165, 1.54) is 16.5 Å². The van der Waals surface area contributed by atoms with Gasteiger partial charge in [0.05, 0.1) is 0 Å². The van der Waals surface area contributed by atoms with Crippen LogP contribution in [0.1, 0.15) is 0 Å². The lowest BCUT2D eigenvalue weighted by atomic mass is 9.92. The minimum absolute atomic E-state index is 0.611. The Hall–Kier alpha value is -7.69. The van der Waals surface area contributed by atoms with E-state index in [1.807, 2.05) is 42.5 Å². The zero-order valence-electron chi connectivity index (χ0n) is 30.8. The summed E-state index contributed by atoms with van der Waals surface area (Å²) in [7, 11) is 0. The van der Waals surface area contributed by atoms with E-state index in [-0.39, 0.29) is 0 Å². The summed E-state index contributed by atoms with van der Waals surface area (Å²) >= 11 is 0. The molecule has 0 aliphatic carbocycles. The number of rotatable bonds is 7. The molecule has 2 aromatic heterocycles. The maximum absolute atomic E-state index is 6.64. The Labute approximate surface area is 329 Å². The molecule has 0 radical (unpaired) electrons. The molecule has 268 valence electrons. The smallest absolute Gasteiger partial charge is 0.227 e. The summed E-state index contributed by atoms with van der Waals surface area (Å²) in [5, 5.41) is 4.45. The van der Waals surface area contributed by atoms with E-state index in [4.69, 9.17) is 13.8 Å². The third-order valence-electron chi connectivity index (χ3n) is 10.9. The van der Waals surface area contributed by atoms with Crippen LogP contribution in [0, 0.1) is 0 Å². The van der Waals surface area contributed by atoms with Crippen LogP contribution in [0.25, 0.3) is 88.6 Å². The van der Waals surface area contributed by atoms with E-state index in [2.05, 4.69) is 169 Å². The van der Waals surface area contributed by atoms with Crippen LogP contribution in [0.2, 0.25) is 0 Å². The van der Waals surface area contributed by atoms with Gasteiger partial charge in [-0.05, 0) is 106 Å². The zero-order chi connectivity index (χ0) is 37.7. The first kappa shape index (κ1) is 32.7. The van der Waals surface area contributed by atoms with Gasteiger partial charge in [0.2, 0.25) is 5.89 Å². The highest BCUT2D eigenvalue weighted by Crippen LogP contribution is 2.45. The molecule has 0 bridgehead atoms. The fraction of sp³-hybridized carbons (Fsp3) is 0. The first-order valence-corrected chi connectivity index (χ1v) is 19.2. The molecule has 2 heterocycles. The van der Waals surface area contributed by atoms with Crippen LogP contribution >= 0.6 is 0 Å². The van der Waals surface area contributed by atoms with Crippen molar-refractivity contribution in [3.63, 3.8) is 0 Å². The predicted molar refractivity (Wildman–Crippen MR) is 235 cm³/mol. The minimum Gasteiger partial charge on any atom is -0.456 e. The van der Waals surface area contributed by atoms with Gasteiger partial charge in [0.15, 0.2) is 5.58 Å². The first-order valence-electron chi connectivity index (χ1n) is 19.2. The average Bonchev–Trinajstić information content (AvgIpc) is 3.89. The molecular formula is C53H34N2O2. The van der Waals surface area contributed by atoms with Gasteiger partial charge in [-0.25, -0.2) is 4.98 Å². The molecule has 0 unspecified atom stereocenters. The molecule has 11 rings (SSSR count). The molecule has 11 aromatic rings. The van der Waals surface area contributed by atoms with Crippen LogP contribution in [0.3, 0.4) is 0 Å². The monoisotopic (exact) mass is 730 g/mol. The fourth-order valence-electron chi connectivity index (χ4n) is 8.19. The second kappa shape index (κ2) is 13.6. The molecule has 4 nitrogen and oxygen atoms in total. The van der Waals surface area contributed by atoms with Crippen molar-refractivity contribution in [2.45, 2.75) is 0 Å². The van der Waals surface area contributed by atoms with Crippen molar-refractivity contribution < 1.29 is 8.83 Å². The summed E-state index contributed by atoms with van der Waals surface area (Å²) < 4.78 is 13.1. The third-order valence-corrected chi connectivity index (χ3v) is 10.9. The molecule has 4 heteroatoms. The predicted octanol–water partition coefficient (Wildman–Crippen LogP) is 15.0. The fourth-order valence-corrected chi connectivity index (χ4v) is 8.19. The van der Waals surface area contributed by atoms with E-state index >= 15 is 0 Å². The highest BCUT2D eigenvalue weighted by molar-refractivity contribution is 6.21. The number of benzene rings is 9. The normalized spacial score (nSPS) is 11.5. The van der Waals surface area contributed by atoms with E-state index in [0.29, 0.717) is 5.89 Å². The van der Waals surface area contributed by atoms with Crippen molar-refractivity contribution in [1.29, 1.82) is 0 Å². The van der Waals surface area contributed by atoms with Gasteiger partial charge in [0.1, 0.15) is 16.7 Å². The number of fused-ring (bicyclic) bond motifs is 5. The van der Waals surface area contributed by atoms with Gasteiger partial charge < -0.3 is 13.7 Å². The van der Waals surface area contributed by atoms with Crippen molar-refractivity contribution in [3.8, 4) is 44.8 Å². The Morgan fingerprint density at radius 2 is 0.982 bits per heavy atom. The molecule has 0 fully saturated rings. The molecular weight excluding hydrogens is 697 g/mol. The summed E-state index contributed by atoms with van der Waals surface area (Å²) in [5.74, 6) is 0.611. The van der Waals surface area contributed by atoms with Crippen LogP contribution in [0.5, 0.6) is 0 Å². The van der Waals surface area contributed by atoms with Gasteiger partial charge in [-0.1, -0.05) is 133 Å². The summed E-state index contributed by atoms with van der Waals surface area (Å²) in [6, 6.07) is 72.2. The van der Waals surface area contributed by atoms with Crippen molar-refractivity contribution in [1.82, 2.24) is 4.98 Å². The topological polar surface area (TPSA) is 42.4 Å². The van der Waals surface area contributed by atoms with Gasteiger partial charge in [0.25, 0.3) is 0 Å². The average molecular weight is 731 g/mol. The number of para-hydroxylation sites is 2. The molecule has 57 heavy (non-hydrogen) atoms. The lowest BCUT2D eigenvalue weighted by Gasteiger charge is -2.26. The number of hydrogen-bond donors (Lipinski definition) is 0. The van der Waals surface area contributed by atoms with Gasteiger partial charge in [-0.15, -0.1) is 0 Å². The molecule has 0 amide bonds. The summed E-state index contributed by atoms with van der Waals surface area (Å²) in [4.78, 5) is 7.15. The van der Waals surface area contributed by atoms with E-state index in [0.717, 1.165) is 83.3 Å². The highest BCUT2D eigenvalue weighted by atomic mass is 16.3. The van der Waals surface area contributed by atoms with E-state index < -0.39 is 0 Å². The SMILES string of the molecule is c1ccc(-c2ccc(N(c3ccccc3)c3ccc(-c4c5ccccc5cc5oc6ccc(-c7cccc8nc(-c9ccccc9)oc78)cc6c45)cc3)cc2)cc1.